The van der Waals surface area contributed by atoms with E-state index in [1.807, 2.05) is 24.3 Å². The van der Waals surface area contributed by atoms with E-state index in [0.29, 0.717) is 11.5 Å². The van der Waals surface area contributed by atoms with Crippen molar-refractivity contribution < 1.29 is 17.9 Å². The van der Waals surface area contributed by atoms with Crippen LogP contribution in [-0.4, -0.2) is 58.6 Å². The maximum absolute atomic E-state index is 12.6. The number of ether oxygens (including phenoxy) is 2. The summed E-state index contributed by atoms with van der Waals surface area (Å²) in [5, 5.41) is 0.190. The zero-order chi connectivity index (χ0) is 23.4. The van der Waals surface area contributed by atoms with Crippen LogP contribution in [0.2, 0.25) is 5.02 Å². The number of nitrogens with zero attached hydrogens (tertiary/aromatic N) is 3. The van der Waals surface area contributed by atoms with Crippen LogP contribution >= 0.6 is 11.6 Å². The molecule has 1 fully saturated rings. The Bertz CT molecular complexity index is 1210. The van der Waals surface area contributed by atoms with Crippen LogP contribution in [0.25, 0.3) is 0 Å². The molecule has 1 N–H and O–H groups in total. The topological polar surface area (TPSA) is 84.0 Å². The van der Waals surface area contributed by atoms with E-state index >= 15 is 0 Å². The van der Waals surface area contributed by atoms with Crippen molar-refractivity contribution in [1.82, 2.24) is 9.88 Å². The summed E-state index contributed by atoms with van der Waals surface area (Å²) in [6.07, 6.45) is 1.37. The summed E-state index contributed by atoms with van der Waals surface area (Å²) in [6, 6.07) is 15.3. The van der Waals surface area contributed by atoms with Gasteiger partial charge in [-0.3, -0.25) is 4.72 Å². The molecule has 0 saturated carbocycles. The van der Waals surface area contributed by atoms with Crippen molar-refractivity contribution in [3.05, 3.63) is 65.8 Å². The van der Waals surface area contributed by atoms with Crippen LogP contribution in [0.5, 0.6) is 17.4 Å². The summed E-state index contributed by atoms with van der Waals surface area (Å²) in [7, 11) is -0.171. The van der Waals surface area contributed by atoms with E-state index in [-0.39, 0.29) is 21.5 Å². The summed E-state index contributed by atoms with van der Waals surface area (Å²) in [4.78, 5) is 8.91. The van der Waals surface area contributed by atoms with E-state index in [4.69, 9.17) is 21.1 Å². The largest absolute Gasteiger partial charge is 0.497 e. The van der Waals surface area contributed by atoms with Crippen molar-refractivity contribution >= 4 is 33.0 Å². The van der Waals surface area contributed by atoms with Crippen LogP contribution in [-0.2, 0) is 10.0 Å². The molecule has 0 bridgehead atoms. The summed E-state index contributed by atoms with van der Waals surface area (Å²) < 4.78 is 38.7. The minimum Gasteiger partial charge on any atom is -0.497 e. The maximum atomic E-state index is 12.6. The number of nitrogens with one attached hydrogen (secondary N) is 1. The quantitative estimate of drug-likeness (QED) is 0.536. The van der Waals surface area contributed by atoms with Crippen molar-refractivity contribution in [1.29, 1.82) is 0 Å². The number of sulfonamides is 1. The lowest BCUT2D eigenvalue weighted by molar-refractivity contribution is 0.312. The number of aromatic nitrogens is 1. The number of likely N-dealkylation sites (N-methyl/N-ethyl adjacent to an activating group) is 1. The van der Waals surface area contributed by atoms with Crippen molar-refractivity contribution in [3.8, 4) is 17.4 Å². The van der Waals surface area contributed by atoms with E-state index in [1.54, 1.807) is 12.1 Å². The molecule has 10 heteroatoms. The SMILES string of the molecule is COc1ccc(S(=O)(=O)Nc2cnc(Oc3cccc(N4CCN(C)CC4)c3)c(Cl)c2)cc1. The van der Waals surface area contributed by atoms with E-state index in [0.717, 1.165) is 31.9 Å². The van der Waals surface area contributed by atoms with Crippen LogP contribution < -0.4 is 19.1 Å². The Morgan fingerprint density at radius 1 is 1.00 bits per heavy atom. The third-order valence-corrected chi connectivity index (χ3v) is 7.00. The first-order chi connectivity index (χ1) is 15.8. The van der Waals surface area contributed by atoms with Crippen LogP contribution in [0.3, 0.4) is 0 Å². The molecule has 2 aromatic carbocycles. The predicted octanol–water partition coefficient (Wildman–Crippen LogP) is 4.09. The molecular weight excluding hydrogens is 464 g/mol. The molecule has 0 atom stereocenters. The lowest BCUT2D eigenvalue weighted by Gasteiger charge is -2.34. The fraction of sp³-hybridized carbons (Fsp3) is 0.261. The maximum Gasteiger partial charge on any atom is 0.261 e. The highest BCUT2D eigenvalue weighted by atomic mass is 35.5. The molecule has 0 aliphatic carbocycles. The number of hydrogen-bond donors (Lipinski definition) is 1. The summed E-state index contributed by atoms with van der Waals surface area (Å²) in [5.41, 5.74) is 1.30. The molecule has 0 radical (unpaired) electrons. The van der Waals surface area contributed by atoms with Crippen LogP contribution in [0.15, 0.2) is 65.7 Å². The third-order valence-electron chi connectivity index (χ3n) is 5.33. The molecule has 1 aliphatic rings. The zero-order valence-corrected chi connectivity index (χ0v) is 19.9. The van der Waals surface area contributed by atoms with Gasteiger partial charge in [0.1, 0.15) is 16.5 Å². The first-order valence-electron chi connectivity index (χ1n) is 10.4. The van der Waals surface area contributed by atoms with Gasteiger partial charge in [-0.1, -0.05) is 17.7 Å². The smallest absolute Gasteiger partial charge is 0.261 e. The number of halogens is 1. The van der Waals surface area contributed by atoms with Crippen LogP contribution in [0.4, 0.5) is 11.4 Å². The lowest BCUT2D eigenvalue weighted by atomic mass is 10.2. The number of methoxy groups -OCH3 is 1. The van der Waals surface area contributed by atoms with Crippen molar-refractivity contribution in [3.63, 3.8) is 0 Å². The van der Waals surface area contributed by atoms with E-state index in [9.17, 15) is 8.42 Å². The number of piperazine rings is 1. The molecule has 2 heterocycles. The van der Waals surface area contributed by atoms with Gasteiger partial charge in [-0.05, 0) is 49.5 Å². The molecule has 8 nitrogen and oxygen atoms in total. The van der Waals surface area contributed by atoms with Crippen molar-refractivity contribution in [2.24, 2.45) is 0 Å². The molecule has 33 heavy (non-hydrogen) atoms. The predicted molar refractivity (Wildman–Crippen MR) is 129 cm³/mol. The minimum atomic E-state index is -3.80. The summed E-state index contributed by atoms with van der Waals surface area (Å²) in [5.74, 6) is 1.36. The van der Waals surface area contributed by atoms with Crippen LogP contribution in [0.1, 0.15) is 0 Å². The average Bonchev–Trinajstić information content (AvgIpc) is 2.81. The summed E-state index contributed by atoms with van der Waals surface area (Å²) in [6.45, 7) is 3.91. The number of hydrogen-bond acceptors (Lipinski definition) is 7. The fourth-order valence-electron chi connectivity index (χ4n) is 3.45. The number of benzene rings is 2. The van der Waals surface area contributed by atoms with Gasteiger partial charge in [-0.15, -0.1) is 0 Å². The Hall–Kier alpha value is -3.01. The highest BCUT2D eigenvalue weighted by molar-refractivity contribution is 7.92. The molecule has 1 saturated heterocycles. The minimum absolute atomic E-state index is 0.0977. The molecule has 1 aromatic heterocycles. The molecule has 4 rings (SSSR count). The van der Waals surface area contributed by atoms with Gasteiger partial charge in [0.2, 0.25) is 5.88 Å². The standard InChI is InChI=1S/C23H25ClN4O4S/c1-27-10-12-28(13-11-27)18-4-3-5-20(15-18)32-23-22(24)14-17(16-25-23)26-33(29,30)21-8-6-19(31-2)7-9-21/h3-9,14-16,26H,10-13H2,1-2H3. The second-order valence-electron chi connectivity index (χ2n) is 7.68. The lowest BCUT2D eigenvalue weighted by Crippen LogP contribution is -2.44. The molecule has 0 unspecified atom stereocenters. The highest BCUT2D eigenvalue weighted by Gasteiger charge is 2.17. The van der Waals surface area contributed by atoms with Gasteiger partial charge in [0, 0.05) is 37.9 Å². The van der Waals surface area contributed by atoms with E-state index in [1.165, 1.54) is 31.5 Å². The summed E-state index contributed by atoms with van der Waals surface area (Å²) >= 11 is 6.34. The second kappa shape index (κ2) is 9.86. The zero-order valence-electron chi connectivity index (χ0n) is 18.4. The van der Waals surface area contributed by atoms with Gasteiger partial charge in [0.05, 0.1) is 23.9 Å². The number of pyridine rings is 1. The Balaban J connectivity index is 1.46. The molecule has 0 spiro atoms. The molecule has 0 amide bonds. The van der Waals surface area contributed by atoms with Gasteiger partial charge >= 0.3 is 0 Å². The van der Waals surface area contributed by atoms with Gasteiger partial charge in [0.15, 0.2) is 0 Å². The number of anilines is 2. The fourth-order valence-corrected chi connectivity index (χ4v) is 4.68. The second-order valence-corrected chi connectivity index (χ2v) is 9.77. The first kappa shape index (κ1) is 23.2. The van der Waals surface area contributed by atoms with Gasteiger partial charge < -0.3 is 19.3 Å². The van der Waals surface area contributed by atoms with Crippen molar-refractivity contribution in [2.45, 2.75) is 4.90 Å². The van der Waals surface area contributed by atoms with Gasteiger partial charge in [-0.2, -0.15) is 0 Å². The van der Waals surface area contributed by atoms with E-state index < -0.39 is 10.0 Å². The van der Waals surface area contributed by atoms with Crippen molar-refractivity contribution in [2.75, 3.05) is 50.0 Å². The Labute approximate surface area is 198 Å². The normalized spacial score (nSPS) is 14.7. The van der Waals surface area contributed by atoms with E-state index in [2.05, 4.69) is 26.6 Å². The average molecular weight is 489 g/mol. The Morgan fingerprint density at radius 3 is 2.39 bits per heavy atom. The number of rotatable bonds is 7. The Morgan fingerprint density at radius 2 is 1.73 bits per heavy atom. The third kappa shape index (κ3) is 5.68. The Kier molecular flexibility index (Phi) is 6.92. The monoisotopic (exact) mass is 488 g/mol. The van der Waals surface area contributed by atoms with Gasteiger partial charge in [-0.25, -0.2) is 13.4 Å². The highest BCUT2D eigenvalue weighted by Crippen LogP contribution is 2.32. The molecule has 1 aliphatic heterocycles. The molecular formula is C23H25ClN4O4S. The van der Waals surface area contributed by atoms with Crippen LogP contribution in [0, 0.1) is 0 Å². The molecule has 3 aromatic rings. The first-order valence-corrected chi connectivity index (χ1v) is 12.2. The van der Waals surface area contributed by atoms with Gasteiger partial charge in [0.25, 0.3) is 10.0 Å². The molecule has 174 valence electrons.